The van der Waals surface area contributed by atoms with Gasteiger partial charge in [0.1, 0.15) is 23.0 Å². The van der Waals surface area contributed by atoms with Crippen LogP contribution in [0.3, 0.4) is 0 Å². The number of carbonyl (C=O) groups excluding carboxylic acids is 1. The summed E-state index contributed by atoms with van der Waals surface area (Å²) in [5.74, 6) is -3.97. The molecule has 156 valence electrons. The fourth-order valence-corrected chi connectivity index (χ4v) is 3.23. The number of likely N-dealkylation sites (tertiary alicyclic amines) is 1. The highest BCUT2D eigenvalue weighted by Crippen LogP contribution is 2.33. The third-order valence-corrected chi connectivity index (χ3v) is 5.04. The molecule has 1 aliphatic heterocycles. The number of nitrogens with zero attached hydrogens (tertiary/aromatic N) is 2. The van der Waals surface area contributed by atoms with E-state index in [2.05, 4.69) is 10.3 Å². The number of ether oxygens (including phenoxy) is 1. The first kappa shape index (κ1) is 21.1. The van der Waals surface area contributed by atoms with Gasteiger partial charge in [-0.15, -0.1) is 0 Å². The number of carbonyl (C=O) groups is 1. The van der Waals surface area contributed by atoms with Crippen molar-refractivity contribution in [3.63, 3.8) is 0 Å². The molecule has 29 heavy (non-hydrogen) atoms. The second-order valence-electron chi connectivity index (χ2n) is 7.44. The first-order chi connectivity index (χ1) is 13.7. The zero-order valence-corrected chi connectivity index (χ0v) is 16.4. The zero-order chi connectivity index (χ0) is 21.0. The van der Waals surface area contributed by atoms with E-state index in [-0.39, 0.29) is 37.1 Å². The van der Waals surface area contributed by atoms with Gasteiger partial charge >= 0.3 is 0 Å². The monoisotopic (exact) mass is 407 g/mol. The molecule has 1 atom stereocenters. The Morgan fingerprint density at radius 2 is 2.00 bits per heavy atom. The van der Waals surface area contributed by atoms with Gasteiger partial charge in [-0.2, -0.15) is 0 Å². The molecule has 2 aromatic rings. The van der Waals surface area contributed by atoms with E-state index in [1.54, 1.807) is 6.07 Å². The van der Waals surface area contributed by atoms with Crippen molar-refractivity contribution in [1.29, 1.82) is 0 Å². The van der Waals surface area contributed by atoms with Gasteiger partial charge in [0.2, 0.25) is 0 Å². The van der Waals surface area contributed by atoms with Gasteiger partial charge in [-0.05, 0) is 44.2 Å². The summed E-state index contributed by atoms with van der Waals surface area (Å²) in [5.41, 5.74) is 0.0597. The van der Waals surface area contributed by atoms with Crippen LogP contribution in [0, 0.1) is 11.7 Å². The first-order valence-corrected chi connectivity index (χ1v) is 9.54. The number of rotatable bonds is 6. The van der Waals surface area contributed by atoms with Crippen molar-refractivity contribution in [1.82, 2.24) is 15.2 Å². The lowest BCUT2D eigenvalue weighted by Gasteiger charge is -2.40. The van der Waals surface area contributed by atoms with Gasteiger partial charge in [0.05, 0.1) is 5.92 Å². The number of hydrogen-bond donors (Lipinski definition) is 1. The smallest absolute Gasteiger partial charge is 0.270 e. The van der Waals surface area contributed by atoms with E-state index in [0.717, 1.165) is 0 Å². The predicted molar refractivity (Wildman–Crippen MR) is 103 cm³/mol. The molecular weight excluding hydrogens is 383 g/mol. The van der Waals surface area contributed by atoms with Crippen LogP contribution in [-0.4, -0.2) is 47.4 Å². The van der Waals surface area contributed by atoms with Crippen molar-refractivity contribution in [3.8, 4) is 11.5 Å². The molecule has 2 heterocycles. The predicted octanol–water partition coefficient (Wildman–Crippen LogP) is 4.11. The van der Waals surface area contributed by atoms with Gasteiger partial charge in [-0.3, -0.25) is 9.78 Å². The van der Waals surface area contributed by atoms with E-state index >= 15 is 0 Å². The van der Waals surface area contributed by atoms with E-state index < -0.39 is 17.7 Å². The van der Waals surface area contributed by atoms with Gasteiger partial charge in [0, 0.05) is 44.4 Å². The maximum Gasteiger partial charge on any atom is 0.270 e. The average Bonchev–Trinajstić information content (AvgIpc) is 2.68. The molecule has 1 saturated heterocycles. The summed E-state index contributed by atoms with van der Waals surface area (Å²) < 4.78 is 47.1. The van der Waals surface area contributed by atoms with Crippen LogP contribution in [0.15, 0.2) is 42.6 Å². The fourth-order valence-electron chi connectivity index (χ4n) is 3.23. The summed E-state index contributed by atoms with van der Waals surface area (Å²) in [6.45, 7) is 4.37. The van der Waals surface area contributed by atoms with Gasteiger partial charge in [0.15, 0.2) is 0 Å². The van der Waals surface area contributed by atoms with Crippen LogP contribution in [0.25, 0.3) is 0 Å². The average molecular weight is 407 g/mol. The van der Waals surface area contributed by atoms with Crippen LogP contribution in [0.2, 0.25) is 0 Å². The molecule has 1 unspecified atom stereocenters. The fraction of sp³-hybridized carbons (Fsp3) is 0.429. The summed E-state index contributed by atoms with van der Waals surface area (Å²) in [6.07, 6.45) is 1.18. The summed E-state index contributed by atoms with van der Waals surface area (Å²) in [4.78, 5) is 18.4. The third kappa shape index (κ3) is 5.47. The molecule has 3 rings (SSSR count). The lowest BCUT2D eigenvalue weighted by Crippen LogP contribution is -2.53. The second-order valence-corrected chi connectivity index (χ2v) is 7.44. The van der Waals surface area contributed by atoms with Crippen molar-refractivity contribution in [2.75, 3.05) is 19.6 Å². The Labute approximate surface area is 167 Å². The van der Waals surface area contributed by atoms with Crippen molar-refractivity contribution >= 4 is 5.91 Å². The van der Waals surface area contributed by atoms with Gasteiger partial charge < -0.3 is 15.0 Å². The summed E-state index contributed by atoms with van der Waals surface area (Å²) in [5, 5.41) is 2.57. The number of aromatic nitrogens is 1. The normalized spacial score (nSPS) is 19.2. The van der Waals surface area contributed by atoms with E-state index in [1.807, 2.05) is 18.7 Å². The molecule has 0 radical (unpaired) electrons. The van der Waals surface area contributed by atoms with Gasteiger partial charge in [0.25, 0.3) is 11.8 Å². The largest absolute Gasteiger partial charge is 0.457 e. The van der Waals surface area contributed by atoms with Gasteiger partial charge in [-0.1, -0.05) is 0 Å². The standard InChI is InChI=1S/C21H24F3N3O2/c1-14(2)27-10-8-21(23,24)15(13-27)12-26-20(28)19-11-18(7-9-25-19)29-17-5-3-16(22)4-6-17/h3-7,9,11,14-15H,8,10,12-13H2,1-2H3,(H,26,28). The number of pyridine rings is 1. The molecule has 1 aromatic carbocycles. The molecule has 0 spiro atoms. The maximum atomic E-state index is 14.3. The number of nitrogens with one attached hydrogen (secondary N) is 1. The zero-order valence-electron chi connectivity index (χ0n) is 16.4. The van der Waals surface area contributed by atoms with E-state index in [0.29, 0.717) is 18.0 Å². The highest BCUT2D eigenvalue weighted by molar-refractivity contribution is 5.92. The highest BCUT2D eigenvalue weighted by atomic mass is 19.3. The number of halogens is 3. The van der Waals surface area contributed by atoms with E-state index in [4.69, 9.17) is 4.74 Å². The van der Waals surface area contributed by atoms with Crippen LogP contribution >= 0.6 is 0 Å². The summed E-state index contributed by atoms with van der Waals surface area (Å²) in [7, 11) is 0. The highest BCUT2D eigenvalue weighted by Gasteiger charge is 2.44. The Morgan fingerprint density at radius 3 is 2.69 bits per heavy atom. The summed E-state index contributed by atoms with van der Waals surface area (Å²) >= 11 is 0. The Bertz CT molecular complexity index is 843. The molecule has 5 nitrogen and oxygen atoms in total. The molecule has 1 amide bonds. The molecule has 1 aromatic heterocycles. The minimum absolute atomic E-state index is 0.0597. The third-order valence-electron chi connectivity index (χ3n) is 5.04. The minimum atomic E-state index is -2.82. The van der Waals surface area contributed by atoms with Crippen molar-refractivity contribution in [2.24, 2.45) is 5.92 Å². The Balaban J connectivity index is 1.62. The molecule has 0 saturated carbocycles. The Kier molecular flexibility index (Phi) is 6.42. The first-order valence-electron chi connectivity index (χ1n) is 9.54. The topological polar surface area (TPSA) is 54.5 Å². The Hall–Kier alpha value is -2.61. The molecule has 0 aliphatic carbocycles. The van der Waals surface area contributed by atoms with Crippen LogP contribution in [-0.2, 0) is 0 Å². The molecule has 8 heteroatoms. The molecular formula is C21H24F3N3O2. The molecule has 1 N–H and O–H groups in total. The number of piperidine rings is 1. The van der Waals surface area contributed by atoms with Crippen LogP contribution in [0.4, 0.5) is 13.2 Å². The number of alkyl halides is 2. The van der Waals surface area contributed by atoms with Gasteiger partial charge in [-0.25, -0.2) is 13.2 Å². The van der Waals surface area contributed by atoms with Crippen LogP contribution < -0.4 is 10.1 Å². The Morgan fingerprint density at radius 1 is 1.28 bits per heavy atom. The van der Waals surface area contributed by atoms with Crippen LogP contribution in [0.5, 0.6) is 11.5 Å². The summed E-state index contributed by atoms with van der Waals surface area (Å²) in [6, 6.07) is 8.58. The van der Waals surface area contributed by atoms with Crippen molar-refractivity contribution in [3.05, 3.63) is 54.1 Å². The minimum Gasteiger partial charge on any atom is -0.457 e. The van der Waals surface area contributed by atoms with Crippen molar-refractivity contribution in [2.45, 2.75) is 32.2 Å². The number of amides is 1. The quantitative estimate of drug-likeness (QED) is 0.783. The molecule has 0 bridgehead atoms. The van der Waals surface area contributed by atoms with E-state index in [1.165, 1.54) is 36.5 Å². The van der Waals surface area contributed by atoms with Crippen LogP contribution in [0.1, 0.15) is 30.8 Å². The second kappa shape index (κ2) is 8.82. The number of hydrogen-bond acceptors (Lipinski definition) is 4. The van der Waals surface area contributed by atoms with E-state index in [9.17, 15) is 18.0 Å². The number of benzene rings is 1. The maximum absolute atomic E-state index is 14.3. The molecule has 1 fully saturated rings. The lowest BCUT2D eigenvalue weighted by atomic mass is 9.92. The SMILES string of the molecule is CC(C)N1CCC(F)(F)C(CNC(=O)c2cc(Oc3ccc(F)cc3)ccn2)C1. The lowest BCUT2D eigenvalue weighted by molar-refractivity contribution is -0.108. The molecule has 1 aliphatic rings. The van der Waals surface area contributed by atoms with Crippen molar-refractivity contribution < 1.29 is 22.7 Å².